The molecule has 7 heteroatoms. The van der Waals surface area contributed by atoms with Gasteiger partial charge in [0.25, 0.3) is 5.91 Å². The van der Waals surface area contributed by atoms with Crippen LogP contribution in [0.3, 0.4) is 0 Å². The first-order valence-corrected chi connectivity index (χ1v) is 10.1. The first kappa shape index (κ1) is 20.9. The Morgan fingerprint density at radius 1 is 0.935 bits per heavy atom. The van der Waals surface area contributed by atoms with Gasteiger partial charge in [0.2, 0.25) is 5.75 Å². The first-order valence-electron chi connectivity index (χ1n) is 9.77. The van der Waals surface area contributed by atoms with Crippen LogP contribution in [-0.4, -0.2) is 32.1 Å². The Labute approximate surface area is 186 Å². The standard InChI is InChI=1S/C24H23ClN2O4/c1-29-20-12-16(13-21(30-2)22(20)31-3)26-23-17-9-5-6-10-18(17)24(28)27(23)14-15-8-4-7-11-19(15)25/h4-13,23,26H,14H2,1-3H3. The lowest BCUT2D eigenvalue weighted by Crippen LogP contribution is -2.32. The molecule has 4 rings (SSSR count). The number of rotatable bonds is 7. The van der Waals surface area contributed by atoms with Crippen LogP contribution in [0.4, 0.5) is 5.69 Å². The number of ether oxygens (including phenoxy) is 3. The Hall–Kier alpha value is -3.38. The minimum absolute atomic E-state index is 0.0551. The molecule has 1 unspecified atom stereocenters. The zero-order chi connectivity index (χ0) is 22.0. The van der Waals surface area contributed by atoms with Gasteiger partial charge in [-0.3, -0.25) is 4.79 Å². The molecule has 1 aliphatic rings. The van der Waals surface area contributed by atoms with E-state index in [0.29, 0.717) is 34.4 Å². The number of fused-ring (bicyclic) bond motifs is 1. The van der Waals surface area contributed by atoms with Gasteiger partial charge in [-0.15, -0.1) is 0 Å². The van der Waals surface area contributed by atoms with Crippen molar-refractivity contribution in [1.82, 2.24) is 4.90 Å². The Kier molecular flexibility index (Phi) is 5.91. The highest BCUT2D eigenvalue weighted by Crippen LogP contribution is 2.42. The van der Waals surface area contributed by atoms with Crippen molar-refractivity contribution in [3.05, 3.63) is 82.4 Å². The highest BCUT2D eigenvalue weighted by atomic mass is 35.5. The smallest absolute Gasteiger partial charge is 0.256 e. The molecule has 1 amide bonds. The molecule has 1 heterocycles. The van der Waals surface area contributed by atoms with Crippen molar-refractivity contribution in [2.24, 2.45) is 0 Å². The molecular formula is C24H23ClN2O4. The fraction of sp³-hybridized carbons (Fsp3) is 0.208. The Morgan fingerprint density at radius 3 is 2.23 bits per heavy atom. The molecule has 1 atom stereocenters. The number of hydrogen-bond acceptors (Lipinski definition) is 5. The van der Waals surface area contributed by atoms with Gasteiger partial charge in [-0.1, -0.05) is 48.0 Å². The van der Waals surface area contributed by atoms with Gasteiger partial charge in [-0.05, 0) is 17.7 Å². The largest absolute Gasteiger partial charge is 0.493 e. The molecule has 1 aliphatic heterocycles. The summed E-state index contributed by atoms with van der Waals surface area (Å²) in [4.78, 5) is 15.0. The lowest BCUT2D eigenvalue weighted by molar-refractivity contribution is 0.0729. The maximum Gasteiger partial charge on any atom is 0.256 e. The van der Waals surface area contributed by atoms with Crippen LogP contribution in [-0.2, 0) is 6.54 Å². The number of benzene rings is 3. The van der Waals surface area contributed by atoms with Crippen molar-refractivity contribution in [1.29, 1.82) is 0 Å². The van der Waals surface area contributed by atoms with Gasteiger partial charge in [0, 0.05) is 40.5 Å². The Balaban J connectivity index is 1.74. The molecule has 0 aliphatic carbocycles. The first-order chi connectivity index (χ1) is 15.1. The van der Waals surface area contributed by atoms with Gasteiger partial charge in [-0.2, -0.15) is 0 Å². The zero-order valence-corrected chi connectivity index (χ0v) is 18.3. The maximum absolute atomic E-state index is 13.2. The molecule has 6 nitrogen and oxygen atoms in total. The average Bonchev–Trinajstić information content (AvgIpc) is 3.05. The molecule has 0 fully saturated rings. The van der Waals surface area contributed by atoms with Crippen LogP contribution >= 0.6 is 11.6 Å². The number of carbonyl (C=O) groups is 1. The Bertz CT molecular complexity index is 1090. The summed E-state index contributed by atoms with van der Waals surface area (Å²) >= 11 is 6.38. The van der Waals surface area contributed by atoms with Gasteiger partial charge in [0.15, 0.2) is 11.5 Å². The van der Waals surface area contributed by atoms with Gasteiger partial charge in [-0.25, -0.2) is 0 Å². The SMILES string of the molecule is COc1cc(NC2c3ccccc3C(=O)N2Cc2ccccc2Cl)cc(OC)c1OC. The summed E-state index contributed by atoms with van der Waals surface area (Å²) < 4.78 is 16.4. The van der Waals surface area contributed by atoms with E-state index < -0.39 is 0 Å². The molecule has 160 valence electrons. The predicted octanol–water partition coefficient (Wildman–Crippen LogP) is 5.13. The van der Waals surface area contributed by atoms with E-state index in [1.807, 2.05) is 60.7 Å². The van der Waals surface area contributed by atoms with Crippen molar-refractivity contribution >= 4 is 23.2 Å². The summed E-state index contributed by atoms with van der Waals surface area (Å²) in [5.74, 6) is 1.51. The lowest BCUT2D eigenvalue weighted by Gasteiger charge is -2.28. The van der Waals surface area contributed by atoms with E-state index >= 15 is 0 Å². The number of halogens is 1. The van der Waals surface area contributed by atoms with Gasteiger partial charge < -0.3 is 24.4 Å². The zero-order valence-electron chi connectivity index (χ0n) is 17.5. The molecule has 3 aromatic rings. The molecule has 0 aromatic heterocycles. The van der Waals surface area contributed by atoms with E-state index in [1.54, 1.807) is 26.2 Å². The third-order valence-corrected chi connectivity index (χ3v) is 5.69. The summed E-state index contributed by atoms with van der Waals surface area (Å²) in [6.45, 7) is 0.370. The second-order valence-corrected chi connectivity index (χ2v) is 7.48. The molecule has 0 saturated carbocycles. The van der Waals surface area contributed by atoms with Gasteiger partial charge in [0.05, 0.1) is 21.3 Å². The predicted molar refractivity (Wildman–Crippen MR) is 120 cm³/mol. The molecule has 1 N–H and O–H groups in total. The van der Waals surface area contributed by atoms with Crippen LogP contribution in [0.5, 0.6) is 17.2 Å². The normalized spacial score (nSPS) is 14.9. The topological polar surface area (TPSA) is 60.0 Å². The van der Waals surface area contributed by atoms with Gasteiger partial charge >= 0.3 is 0 Å². The maximum atomic E-state index is 13.2. The fourth-order valence-electron chi connectivity index (χ4n) is 3.82. The number of amides is 1. The van der Waals surface area contributed by atoms with E-state index in [-0.39, 0.29) is 12.1 Å². The fourth-order valence-corrected chi connectivity index (χ4v) is 4.02. The molecule has 3 aromatic carbocycles. The third kappa shape index (κ3) is 3.86. The Morgan fingerprint density at radius 2 is 1.58 bits per heavy atom. The van der Waals surface area contributed by atoms with Crippen molar-refractivity contribution in [2.75, 3.05) is 26.6 Å². The van der Waals surface area contributed by atoms with Crippen LogP contribution in [0.25, 0.3) is 0 Å². The molecule has 0 radical (unpaired) electrons. The highest BCUT2D eigenvalue weighted by molar-refractivity contribution is 6.31. The third-order valence-electron chi connectivity index (χ3n) is 5.32. The minimum atomic E-state index is -0.386. The molecule has 0 bridgehead atoms. The van der Waals surface area contributed by atoms with E-state index in [2.05, 4.69) is 5.32 Å². The minimum Gasteiger partial charge on any atom is -0.493 e. The van der Waals surface area contributed by atoms with Crippen molar-refractivity contribution in [2.45, 2.75) is 12.7 Å². The summed E-state index contributed by atoms with van der Waals surface area (Å²) in [5, 5.41) is 4.09. The van der Waals surface area contributed by atoms with E-state index in [4.69, 9.17) is 25.8 Å². The van der Waals surface area contributed by atoms with Crippen LogP contribution < -0.4 is 19.5 Å². The second-order valence-electron chi connectivity index (χ2n) is 7.07. The van der Waals surface area contributed by atoms with E-state index in [1.165, 1.54) is 0 Å². The summed E-state index contributed by atoms with van der Waals surface area (Å²) in [7, 11) is 4.70. The van der Waals surface area contributed by atoms with E-state index in [0.717, 1.165) is 16.8 Å². The number of nitrogens with one attached hydrogen (secondary N) is 1. The molecular weight excluding hydrogens is 416 g/mol. The molecule has 31 heavy (non-hydrogen) atoms. The molecule has 0 spiro atoms. The number of anilines is 1. The van der Waals surface area contributed by atoms with Crippen molar-refractivity contribution in [3.8, 4) is 17.2 Å². The van der Waals surface area contributed by atoms with Crippen molar-refractivity contribution < 1.29 is 19.0 Å². The van der Waals surface area contributed by atoms with E-state index in [9.17, 15) is 4.79 Å². The highest BCUT2D eigenvalue weighted by Gasteiger charge is 2.37. The number of carbonyl (C=O) groups excluding carboxylic acids is 1. The lowest BCUT2D eigenvalue weighted by atomic mass is 10.1. The average molecular weight is 439 g/mol. The summed E-state index contributed by atoms with van der Waals surface area (Å²) in [6, 6.07) is 18.8. The van der Waals surface area contributed by atoms with Crippen LogP contribution in [0.15, 0.2) is 60.7 Å². The van der Waals surface area contributed by atoms with Gasteiger partial charge in [0.1, 0.15) is 6.17 Å². The van der Waals surface area contributed by atoms with Crippen LogP contribution in [0.1, 0.15) is 27.7 Å². The second kappa shape index (κ2) is 8.78. The monoisotopic (exact) mass is 438 g/mol. The molecule has 0 saturated heterocycles. The van der Waals surface area contributed by atoms with Crippen molar-refractivity contribution in [3.63, 3.8) is 0 Å². The van der Waals surface area contributed by atoms with Crippen LogP contribution in [0.2, 0.25) is 5.02 Å². The summed E-state index contributed by atoms with van der Waals surface area (Å²) in [5.41, 5.74) is 3.17. The quantitative estimate of drug-likeness (QED) is 0.554. The number of hydrogen-bond donors (Lipinski definition) is 1. The van der Waals surface area contributed by atoms with Crippen LogP contribution in [0, 0.1) is 0 Å². The number of nitrogens with zero attached hydrogens (tertiary/aromatic N) is 1. The summed E-state index contributed by atoms with van der Waals surface area (Å²) in [6.07, 6.45) is -0.386. The number of methoxy groups -OCH3 is 3.